The van der Waals surface area contributed by atoms with Gasteiger partial charge in [-0.15, -0.1) is 0 Å². The molecule has 78 valence electrons. The van der Waals surface area contributed by atoms with E-state index in [1.54, 1.807) is 24.4 Å². The fourth-order valence-electron chi connectivity index (χ4n) is 1.04. The fraction of sp³-hybridized carbons (Fsp3) is 0.182. The van der Waals surface area contributed by atoms with E-state index in [4.69, 9.17) is 0 Å². The Morgan fingerprint density at radius 1 is 1.53 bits per heavy atom. The van der Waals surface area contributed by atoms with Crippen LogP contribution in [0.5, 0.6) is 0 Å². The van der Waals surface area contributed by atoms with Gasteiger partial charge in [-0.25, -0.2) is 4.79 Å². The van der Waals surface area contributed by atoms with E-state index in [1.807, 2.05) is 0 Å². The zero-order chi connectivity index (χ0) is 11.1. The molecular formula is C11H11NO3. The molecule has 4 nitrogen and oxygen atoms in total. The maximum Gasteiger partial charge on any atom is 0.339 e. The number of nitrogens with zero attached hydrogens (tertiary/aromatic N) is 1. The summed E-state index contributed by atoms with van der Waals surface area (Å²) in [5.41, 5.74) is 1.16. The zero-order valence-electron chi connectivity index (χ0n) is 8.34. The predicted molar refractivity (Wildman–Crippen MR) is 55.3 cm³/mol. The van der Waals surface area contributed by atoms with E-state index in [1.165, 1.54) is 13.3 Å². The molecule has 0 aliphatic rings. The Kier molecular flexibility index (Phi) is 4.22. The number of esters is 1. The first kappa shape index (κ1) is 11.1. The lowest BCUT2D eigenvalue weighted by molar-refractivity contribution is -0.107. The first-order chi connectivity index (χ1) is 7.27. The quantitative estimate of drug-likeness (QED) is 0.551. The summed E-state index contributed by atoms with van der Waals surface area (Å²) in [6, 6.07) is 1.65. The van der Waals surface area contributed by atoms with Crippen LogP contribution in [0, 0.1) is 0 Å². The summed E-state index contributed by atoms with van der Waals surface area (Å²) >= 11 is 0. The van der Waals surface area contributed by atoms with Gasteiger partial charge in [-0.1, -0.05) is 12.2 Å². The minimum absolute atomic E-state index is 0.350. The van der Waals surface area contributed by atoms with Crippen LogP contribution in [0.15, 0.2) is 24.5 Å². The monoisotopic (exact) mass is 205 g/mol. The van der Waals surface area contributed by atoms with E-state index in [0.29, 0.717) is 12.0 Å². The Labute approximate surface area is 87.6 Å². The summed E-state index contributed by atoms with van der Waals surface area (Å²) < 4.78 is 4.56. The summed E-state index contributed by atoms with van der Waals surface area (Å²) in [6.45, 7) is 0. The largest absolute Gasteiger partial charge is 0.465 e. The molecule has 0 saturated carbocycles. The van der Waals surface area contributed by atoms with Gasteiger partial charge in [-0.3, -0.25) is 4.98 Å². The van der Waals surface area contributed by atoms with Crippen molar-refractivity contribution in [2.24, 2.45) is 0 Å². The van der Waals surface area contributed by atoms with E-state index >= 15 is 0 Å². The number of hydrogen-bond donors (Lipinski definition) is 0. The third-order valence-electron chi connectivity index (χ3n) is 1.72. The number of carbonyl (C=O) groups excluding carboxylic acids is 2. The van der Waals surface area contributed by atoms with E-state index < -0.39 is 5.97 Å². The number of allylic oxidation sites excluding steroid dienone is 1. The van der Waals surface area contributed by atoms with Crippen molar-refractivity contribution in [3.63, 3.8) is 0 Å². The highest BCUT2D eigenvalue weighted by molar-refractivity contribution is 5.89. The Morgan fingerprint density at radius 2 is 2.33 bits per heavy atom. The Bertz CT molecular complexity index is 385. The lowest BCUT2D eigenvalue weighted by atomic mass is 10.2. The molecule has 0 amide bonds. The molecule has 0 unspecified atom stereocenters. The maximum absolute atomic E-state index is 11.2. The third-order valence-corrected chi connectivity index (χ3v) is 1.72. The molecule has 1 aromatic rings. The van der Waals surface area contributed by atoms with Gasteiger partial charge in [0.1, 0.15) is 6.29 Å². The van der Waals surface area contributed by atoms with Crippen molar-refractivity contribution in [2.45, 2.75) is 6.42 Å². The summed E-state index contributed by atoms with van der Waals surface area (Å²) in [5.74, 6) is -0.423. The predicted octanol–water partition coefficient (Wildman–Crippen LogP) is 1.47. The number of carbonyl (C=O) groups is 2. The molecule has 0 atom stereocenters. The molecule has 15 heavy (non-hydrogen) atoms. The molecular weight excluding hydrogens is 194 g/mol. The minimum atomic E-state index is -0.423. The molecule has 1 heterocycles. The minimum Gasteiger partial charge on any atom is -0.465 e. The molecule has 1 aromatic heterocycles. The van der Waals surface area contributed by atoms with Crippen molar-refractivity contribution in [3.8, 4) is 0 Å². The van der Waals surface area contributed by atoms with Gasteiger partial charge in [0, 0.05) is 18.8 Å². The van der Waals surface area contributed by atoms with Gasteiger partial charge in [0.05, 0.1) is 12.7 Å². The lowest BCUT2D eigenvalue weighted by Gasteiger charge is -1.98. The third kappa shape index (κ3) is 3.34. The lowest BCUT2D eigenvalue weighted by Crippen LogP contribution is -2.01. The number of hydrogen-bond acceptors (Lipinski definition) is 4. The number of ether oxygens (including phenoxy) is 1. The van der Waals surface area contributed by atoms with Crippen LogP contribution < -0.4 is 0 Å². The second-order valence-corrected chi connectivity index (χ2v) is 2.80. The van der Waals surface area contributed by atoms with Crippen LogP contribution in [0.25, 0.3) is 6.08 Å². The van der Waals surface area contributed by atoms with Crippen LogP contribution in [0.2, 0.25) is 0 Å². The molecule has 0 aromatic carbocycles. The van der Waals surface area contributed by atoms with E-state index in [-0.39, 0.29) is 0 Å². The average molecular weight is 205 g/mol. The van der Waals surface area contributed by atoms with Gasteiger partial charge in [-0.2, -0.15) is 0 Å². The van der Waals surface area contributed by atoms with E-state index in [9.17, 15) is 9.59 Å². The SMILES string of the molecule is COC(=O)c1cncc(C=CCC=O)c1. The number of aromatic nitrogens is 1. The summed E-state index contributed by atoms with van der Waals surface area (Å²) in [7, 11) is 1.32. The molecule has 0 spiro atoms. The van der Waals surface area contributed by atoms with Gasteiger partial charge in [-0.05, 0) is 11.6 Å². The number of rotatable bonds is 4. The van der Waals surface area contributed by atoms with Crippen molar-refractivity contribution >= 4 is 18.3 Å². The van der Waals surface area contributed by atoms with Gasteiger partial charge >= 0.3 is 5.97 Å². The molecule has 4 heteroatoms. The number of pyridine rings is 1. The highest BCUT2D eigenvalue weighted by atomic mass is 16.5. The zero-order valence-corrected chi connectivity index (χ0v) is 8.34. The van der Waals surface area contributed by atoms with Crippen LogP contribution in [-0.2, 0) is 9.53 Å². The molecule has 0 N–H and O–H groups in total. The average Bonchev–Trinajstić information content (AvgIpc) is 2.29. The van der Waals surface area contributed by atoms with Gasteiger partial charge in [0.15, 0.2) is 0 Å². The Balaban J connectivity index is 2.82. The van der Waals surface area contributed by atoms with Gasteiger partial charge in [0.25, 0.3) is 0 Å². The van der Waals surface area contributed by atoms with Crippen molar-refractivity contribution in [2.75, 3.05) is 7.11 Å². The number of methoxy groups -OCH3 is 1. The first-order valence-electron chi connectivity index (χ1n) is 4.41. The van der Waals surface area contributed by atoms with Gasteiger partial charge in [0.2, 0.25) is 0 Å². The smallest absolute Gasteiger partial charge is 0.339 e. The van der Waals surface area contributed by atoms with Crippen LogP contribution >= 0.6 is 0 Å². The second kappa shape index (κ2) is 5.70. The Morgan fingerprint density at radius 3 is 3.00 bits per heavy atom. The molecule has 0 aliphatic carbocycles. The molecule has 0 aliphatic heterocycles. The van der Waals surface area contributed by atoms with Crippen LogP contribution in [0.4, 0.5) is 0 Å². The topological polar surface area (TPSA) is 56.3 Å². The number of aldehydes is 1. The van der Waals surface area contributed by atoms with Crippen LogP contribution in [0.1, 0.15) is 22.3 Å². The van der Waals surface area contributed by atoms with Crippen LogP contribution in [0.3, 0.4) is 0 Å². The van der Waals surface area contributed by atoms with Crippen LogP contribution in [-0.4, -0.2) is 24.3 Å². The standard InChI is InChI=1S/C11H11NO3/c1-15-11(14)10-6-9(7-12-8-10)4-2-3-5-13/h2,4-8H,3H2,1H3. The van der Waals surface area contributed by atoms with Crippen molar-refractivity contribution in [1.29, 1.82) is 0 Å². The van der Waals surface area contributed by atoms with E-state index in [0.717, 1.165) is 11.8 Å². The van der Waals surface area contributed by atoms with E-state index in [2.05, 4.69) is 9.72 Å². The first-order valence-corrected chi connectivity index (χ1v) is 4.41. The molecule has 0 bridgehead atoms. The normalized spacial score (nSPS) is 10.2. The van der Waals surface area contributed by atoms with Crippen molar-refractivity contribution < 1.29 is 14.3 Å². The maximum atomic E-state index is 11.2. The summed E-state index contributed by atoms with van der Waals surface area (Å²) in [5, 5.41) is 0. The summed E-state index contributed by atoms with van der Waals surface area (Å²) in [4.78, 5) is 25.1. The fourth-order valence-corrected chi connectivity index (χ4v) is 1.04. The second-order valence-electron chi connectivity index (χ2n) is 2.80. The Hall–Kier alpha value is -1.97. The van der Waals surface area contributed by atoms with Crippen molar-refractivity contribution in [1.82, 2.24) is 4.98 Å². The summed E-state index contributed by atoms with van der Waals surface area (Å²) in [6.07, 6.45) is 7.62. The van der Waals surface area contributed by atoms with Crippen molar-refractivity contribution in [3.05, 3.63) is 35.7 Å². The molecule has 0 saturated heterocycles. The molecule has 1 rings (SSSR count). The molecule has 0 radical (unpaired) electrons. The highest BCUT2D eigenvalue weighted by Crippen LogP contribution is 2.06. The van der Waals surface area contributed by atoms with Gasteiger partial charge < -0.3 is 9.53 Å². The molecule has 0 fully saturated rings. The highest BCUT2D eigenvalue weighted by Gasteiger charge is 2.04.